The van der Waals surface area contributed by atoms with Crippen molar-refractivity contribution in [2.45, 2.75) is 62.7 Å². The lowest BCUT2D eigenvalue weighted by Crippen LogP contribution is -2.60. The van der Waals surface area contributed by atoms with E-state index in [4.69, 9.17) is 14.2 Å². The Kier molecular flexibility index (Phi) is 8.74. The van der Waals surface area contributed by atoms with Crippen LogP contribution in [-0.4, -0.2) is 87.5 Å². The first-order chi connectivity index (χ1) is 14.6. The maximum absolute atomic E-state index is 11.9. The monoisotopic (exact) mass is 444 g/mol. The predicted octanol–water partition coefficient (Wildman–Crippen LogP) is -1.39. The fourth-order valence-electron chi connectivity index (χ4n) is 2.93. The second kappa shape index (κ2) is 10.8. The third-order valence-corrected chi connectivity index (χ3v) is 4.70. The summed E-state index contributed by atoms with van der Waals surface area (Å²) in [6, 6.07) is 6.19. The first-order valence-electron chi connectivity index (χ1n) is 9.57. The van der Waals surface area contributed by atoms with Crippen LogP contribution in [0.4, 0.5) is 0 Å². The molecule has 11 nitrogen and oxygen atoms in total. The van der Waals surface area contributed by atoms with E-state index >= 15 is 0 Å². The molecule has 31 heavy (non-hydrogen) atoms. The zero-order valence-electron chi connectivity index (χ0n) is 17.2. The molecule has 1 fully saturated rings. The highest BCUT2D eigenvalue weighted by atomic mass is 16.7. The molecule has 0 unspecified atom stereocenters. The van der Waals surface area contributed by atoms with E-state index in [9.17, 15) is 35.1 Å². The summed E-state index contributed by atoms with van der Waals surface area (Å²) in [7, 11) is 1.18. The molecule has 1 aliphatic heterocycles. The number of methoxy groups -OCH3 is 1. The molecule has 5 N–H and O–H groups in total. The van der Waals surface area contributed by atoms with Gasteiger partial charge in [-0.1, -0.05) is 12.1 Å². The molecule has 2 rings (SSSR count). The van der Waals surface area contributed by atoms with Gasteiger partial charge in [0.05, 0.1) is 32.2 Å². The molecule has 0 bridgehead atoms. The molecule has 1 aromatic rings. The number of esters is 2. The Morgan fingerprint density at radius 1 is 1.03 bits per heavy atom. The van der Waals surface area contributed by atoms with Gasteiger partial charge in [0.1, 0.15) is 36.8 Å². The summed E-state index contributed by atoms with van der Waals surface area (Å²) in [4.78, 5) is 23.2. The van der Waals surface area contributed by atoms with Crippen LogP contribution in [0.2, 0.25) is 0 Å². The maximum Gasteiger partial charge on any atom is 0.309 e. The van der Waals surface area contributed by atoms with Crippen LogP contribution in [0.3, 0.4) is 0 Å². The van der Waals surface area contributed by atoms with E-state index in [1.807, 2.05) is 0 Å². The molecular formula is C20H28O11. The van der Waals surface area contributed by atoms with Crippen LogP contribution in [0.15, 0.2) is 24.3 Å². The molecule has 1 saturated heterocycles. The lowest BCUT2D eigenvalue weighted by molar-refractivity contribution is -0.277. The molecule has 0 saturated carbocycles. The van der Waals surface area contributed by atoms with Gasteiger partial charge < -0.3 is 44.5 Å². The molecular weight excluding hydrogens is 416 g/mol. The summed E-state index contributed by atoms with van der Waals surface area (Å²) in [5.41, 5.74) is -0.991. The maximum atomic E-state index is 11.9. The SMILES string of the molecule is COC(=O)C[C@@](C)(O)CC(=O)OCc1ccc(O[C@@H]2O[C@H](CO)[C@@H](O)[C@H](O)[C@H]2O)cc1. The summed E-state index contributed by atoms with van der Waals surface area (Å²) in [5.74, 6) is -1.08. The quantitative estimate of drug-likeness (QED) is 0.284. The third kappa shape index (κ3) is 7.13. The molecule has 1 aromatic carbocycles. The third-order valence-electron chi connectivity index (χ3n) is 4.70. The zero-order chi connectivity index (χ0) is 23.2. The average molecular weight is 444 g/mol. The molecule has 11 heteroatoms. The van der Waals surface area contributed by atoms with Gasteiger partial charge in [0.15, 0.2) is 0 Å². The van der Waals surface area contributed by atoms with Gasteiger partial charge in [-0.25, -0.2) is 0 Å². The molecule has 0 spiro atoms. The summed E-state index contributed by atoms with van der Waals surface area (Å²) >= 11 is 0. The van der Waals surface area contributed by atoms with Crippen molar-refractivity contribution in [2.24, 2.45) is 0 Å². The van der Waals surface area contributed by atoms with E-state index < -0.39 is 54.9 Å². The van der Waals surface area contributed by atoms with Gasteiger partial charge in [0.25, 0.3) is 0 Å². The largest absolute Gasteiger partial charge is 0.469 e. The molecule has 174 valence electrons. The molecule has 1 aliphatic rings. The lowest BCUT2D eigenvalue weighted by Gasteiger charge is -2.39. The topological polar surface area (TPSA) is 172 Å². The second-order valence-electron chi connectivity index (χ2n) is 7.55. The number of rotatable bonds is 9. The Labute approximate surface area is 178 Å². The van der Waals surface area contributed by atoms with Crippen LogP contribution < -0.4 is 4.74 Å². The predicted molar refractivity (Wildman–Crippen MR) is 103 cm³/mol. The van der Waals surface area contributed by atoms with E-state index in [0.29, 0.717) is 5.56 Å². The van der Waals surface area contributed by atoms with Crippen molar-refractivity contribution in [3.8, 4) is 5.75 Å². The van der Waals surface area contributed by atoms with Crippen molar-refractivity contribution >= 4 is 11.9 Å². The number of carbonyl (C=O) groups excluding carboxylic acids is 2. The van der Waals surface area contributed by atoms with Crippen molar-refractivity contribution in [1.82, 2.24) is 0 Å². The summed E-state index contributed by atoms with van der Waals surface area (Å²) in [6.07, 6.45) is -7.69. The van der Waals surface area contributed by atoms with Crippen molar-refractivity contribution in [2.75, 3.05) is 13.7 Å². The second-order valence-corrected chi connectivity index (χ2v) is 7.55. The summed E-state index contributed by atoms with van der Waals surface area (Å²) < 4.78 is 20.3. The Bertz CT molecular complexity index is 731. The summed E-state index contributed by atoms with van der Waals surface area (Å²) in [5, 5.41) is 48.8. The number of benzene rings is 1. The molecule has 0 amide bonds. The number of hydrogen-bond acceptors (Lipinski definition) is 11. The highest BCUT2D eigenvalue weighted by molar-refractivity contribution is 5.74. The van der Waals surface area contributed by atoms with Crippen molar-refractivity contribution in [3.05, 3.63) is 29.8 Å². The molecule has 6 atom stereocenters. The minimum Gasteiger partial charge on any atom is -0.469 e. The molecule has 0 aromatic heterocycles. The van der Waals surface area contributed by atoms with Gasteiger partial charge in [0.2, 0.25) is 6.29 Å². The van der Waals surface area contributed by atoms with E-state index in [0.717, 1.165) is 0 Å². The number of aliphatic hydroxyl groups is 5. The Morgan fingerprint density at radius 3 is 2.23 bits per heavy atom. The van der Waals surface area contributed by atoms with Crippen molar-refractivity contribution in [1.29, 1.82) is 0 Å². The Balaban J connectivity index is 1.86. The van der Waals surface area contributed by atoms with Gasteiger partial charge in [-0.2, -0.15) is 0 Å². The fourth-order valence-corrected chi connectivity index (χ4v) is 2.93. The zero-order valence-corrected chi connectivity index (χ0v) is 17.2. The standard InChI is InChI=1S/C20H28O11/c1-20(27,7-14(22)28-2)8-15(23)29-10-11-3-5-12(6-4-11)30-19-18(26)17(25)16(24)13(9-21)31-19/h3-6,13,16-19,21,24-27H,7-10H2,1-2H3/t13-,16-,17+,18-,19-,20-/m1/s1. The molecule has 0 radical (unpaired) electrons. The number of aliphatic hydroxyl groups excluding tert-OH is 4. The van der Waals surface area contributed by atoms with Gasteiger partial charge in [-0.15, -0.1) is 0 Å². The molecule has 1 heterocycles. The van der Waals surface area contributed by atoms with Gasteiger partial charge in [-0.3, -0.25) is 9.59 Å². The van der Waals surface area contributed by atoms with Crippen LogP contribution in [0.1, 0.15) is 25.3 Å². The normalized spacial score (nSPS) is 27.8. The number of ether oxygens (including phenoxy) is 4. The van der Waals surface area contributed by atoms with Crippen molar-refractivity contribution < 1.29 is 54.1 Å². The van der Waals surface area contributed by atoms with Crippen LogP contribution >= 0.6 is 0 Å². The van der Waals surface area contributed by atoms with Crippen LogP contribution in [0.25, 0.3) is 0 Å². The summed E-state index contributed by atoms with van der Waals surface area (Å²) in [6.45, 7) is 0.672. The van der Waals surface area contributed by atoms with E-state index in [1.165, 1.54) is 26.2 Å². The van der Waals surface area contributed by atoms with Gasteiger partial charge in [-0.05, 0) is 24.6 Å². The first-order valence-corrected chi connectivity index (χ1v) is 9.57. The lowest BCUT2D eigenvalue weighted by atomic mass is 9.98. The minimum absolute atomic E-state index is 0.0898. The average Bonchev–Trinajstić information content (AvgIpc) is 2.72. The number of carbonyl (C=O) groups is 2. The fraction of sp³-hybridized carbons (Fsp3) is 0.600. The van der Waals surface area contributed by atoms with Crippen LogP contribution in [0.5, 0.6) is 5.75 Å². The van der Waals surface area contributed by atoms with E-state index in [1.54, 1.807) is 12.1 Å². The Hall–Kier alpha value is -2.28. The minimum atomic E-state index is -1.59. The number of hydrogen-bond donors (Lipinski definition) is 5. The highest BCUT2D eigenvalue weighted by Crippen LogP contribution is 2.24. The first kappa shape index (κ1) is 25.0. The van der Waals surface area contributed by atoms with Gasteiger partial charge in [0, 0.05) is 0 Å². The highest BCUT2D eigenvalue weighted by Gasteiger charge is 2.44. The van der Waals surface area contributed by atoms with E-state index in [-0.39, 0.29) is 25.2 Å². The van der Waals surface area contributed by atoms with Crippen LogP contribution in [0, 0.1) is 0 Å². The molecule has 0 aliphatic carbocycles. The smallest absolute Gasteiger partial charge is 0.309 e. The Morgan fingerprint density at radius 2 is 1.65 bits per heavy atom. The van der Waals surface area contributed by atoms with E-state index in [2.05, 4.69) is 4.74 Å². The van der Waals surface area contributed by atoms with Crippen molar-refractivity contribution in [3.63, 3.8) is 0 Å². The van der Waals surface area contributed by atoms with Gasteiger partial charge >= 0.3 is 11.9 Å². The van der Waals surface area contributed by atoms with Crippen LogP contribution in [-0.2, 0) is 30.4 Å².